The predicted molar refractivity (Wildman–Crippen MR) is 68.0 cm³/mol. The maximum Gasteiger partial charge on any atom is 0.231 e. The second-order valence-electron chi connectivity index (χ2n) is 4.59. The molecule has 5 heteroatoms. The summed E-state index contributed by atoms with van der Waals surface area (Å²) in [5.41, 5.74) is 6.52. The van der Waals surface area contributed by atoms with Crippen LogP contribution in [0.2, 0.25) is 0 Å². The third kappa shape index (κ3) is 2.51. The van der Waals surface area contributed by atoms with E-state index in [0.717, 1.165) is 5.56 Å². The average molecular weight is 247 g/mol. The molecule has 0 spiro atoms. The Morgan fingerprint density at radius 1 is 1.28 bits per heavy atom. The first-order valence-electron chi connectivity index (χ1n) is 5.95. The number of benzene rings is 1. The fourth-order valence-corrected chi connectivity index (χ4v) is 1.77. The van der Waals surface area contributed by atoms with Gasteiger partial charge in [0.15, 0.2) is 0 Å². The minimum Gasteiger partial charge on any atom is -0.508 e. The molecule has 1 unspecified atom stereocenters. The van der Waals surface area contributed by atoms with Crippen molar-refractivity contribution in [3.63, 3.8) is 0 Å². The number of nitrogens with two attached hydrogens (primary N) is 1. The van der Waals surface area contributed by atoms with Gasteiger partial charge in [-0.15, -0.1) is 0 Å². The molecule has 1 atom stereocenters. The lowest BCUT2D eigenvalue weighted by Crippen LogP contribution is -2.18. The lowest BCUT2D eigenvalue weighted by atomic mass is 9.96. The summed E-state index contributed by atoms with van der Waals surface area (Å²) in [5, 5.41) is 13.2. The molecule has 0 aliphatic heterocycles. The number of aromatic nitrogens is 2. The van der Waals surface area contributed by atoms with E-state index in [1.54, 1.807) is 24.3 Å². The molecule has 1 aromatic heterocycles. The zero-order valence-electron chi connectivity index (χ0n) is 10.5. The van der Waals surface area contributed by atoms with Gasteiger partial charge in [-0.2, -0.15) is 4.98 Å². The Bertz CT molecular complexity index is 505. The molecule has 96 valence electrons. The molecule has 18 heavy (non-hydrogen) atoms. The van der Waals surface area contributed by atoms with Crippen molar-refractivity contribution in [2.45, 2.75) is 19.8 Å². The van der Waals surface area contributed by atoms with Gasteiger partial charge in [-0.1, -0.05) is 19.0 Å². The summed E-state index contributed by atoms with van der Waals surface area (Å²) in [6.45, 7) is 4.62. The number of hydrogen-bond donors (Lipinski definition) is 2. The summed E-state index contributed by atoms with van der Waals surface area (Å²) in [4.78, 5) is 4.36. The van der Waals surface area contributed by atoms with Gasteiger partial charge in [-0.05, 0) is 30.2 Å². The van der Waals surface area contributed by atoms with Crippen LogP contribution in [-0.4, -0.2) is 21.8 Å². The largest absolute Gasteiger partial charge is 0.508 e. The van der Waals surface area contributed by atoms with Gasteiger partial charge < -0.3 is 15.4 Å². The first kappa shape index (κ1) is 12.6. The summed E-state index contributed by atoms with van der Waals surface area (Å²) in [5.74, 6) is 1.72. The molecule has 0 amide bonds. The number of nitrogens with zero attached hydrogens (tertiary/aromatic N) is 2. The van der Waals surface area contributed by atoms with E-state index in [9.17, 15) is 5.11 Å². The molecule has 1 heterocycles. The molecular formula is C13H17N3O2. The van der Waals surface area contributed by atoms with Crippen LogP contribution in [0.5, 0.6) is 5.75 Å². The first-order chi connectivity index (χ1) is 8.61. The summed E-state index contributed by atoms with van der Waals surface area (Å²) >= 11 is 0. The molecule has 2 aromatic rings. The lowest BCUT2D eigenvalue weighted by molar-refractivity contribution is 0.324. The van der Waals surface area contributed by atoms with E-state index in [1.165, 1.54) is 0 Å². The Balaban J connectivity index is 2.27. The molecular weight excluding hydrogens is 230 g/mol. The summed E-state index contributed by atoms with van der Waals surface area (Å²) in [6, 6.07) is 6.68. The van der Waals surface area contributed by atoms with Crippen molar-refractivity contribution >= 4 is 0 Å². The molecule has 0 aliphatic rings. The van der Waals surface area contributed by atoms with E-state index in [-0.39, 0.29) is 11.7 Å². The van der Waals surface area contributed by atoms with Crippen LogP contribution >= 0.6 is 0 Å². The normalized spacial score (nSPS) is 12.9. The molecule has 0 bridgehead atoms. The highest BCUT2D eigenvalue weighted by Crippen LogP contribution is 2.25. The van der Waals surface area contributed by atoms with Crippen LogP contribution in [0.3, 0.4) is 0 Å². The first-order valence-corrected chi connectivity index (χ1v) is 5.95. The maximum atomic E-state index is 9.23. The van der Waals surface area contributed by atoms with Crippen molar-refractivity contribution in [2.24, 2.45) is 11.7 Å². The number of phenols is 1. The van der Waals surface area contributed by atoms with Gasteiger partial charge in [0.25, 0.3) is 0 Å². The Morgan fingerprint density at radius 2 is 1.94 bits per heavy atom. The predicted octanol–water partition coefficient (Wildman–Crippen LogP) is 2.14. The van der Waals surface area contributed by atoms with Gasteiger partial charge in [0, 0.05) is 12.1 Å². The monoisotopic (exact) mass is 247 g/mol. The van der Waals surface area contributed by atoms with Crippen molar-refractivity contribution in [3.8, 4) is 17.1 Å². The van der Waals surface area contributed by atoms with Crippen molar-refractivity contribution in [1.29, 1.82) is 0 Å². The number of rotatable bonds is 4. The fraction of sp³-hybridized carbons (Fsp3) is 0.385. The quantitative estimate of drug-likeness (QED) is 0.864. The molecule has 1 aromatic carbocycles. The molecule has 5 nitrogen and oxygen atoms in total. The van der Waals surface area contributed by atoms with E-state index in [2.05, 4.69) is 24.0 Å². The van der Waals surface area contributed by atoms with E-state index in [0.29, 0.717) is 24.2 Å². The Kier molecular flexibility index (Phi) is 3.62. The SMILES string of the molecule is CC(C)C(CN)c1nc(-c2ccc(O)cc2)no1. The molecule has 0 radical (unpaired) electrons. The van der Waals surface area contributed by atoms with E-state index in [4.69, 9.17) is 10.3 Å². The minimum atomic E-state index is 0.0726. The number of aromatic hydroxyl groups is 1. The zero-order chi connectivity index (χ0) is 13.1. The zero-order valence-corrected chi connectivity index (χ0v) is 10.5. The molecule has 0 saturated heterocycles. The van der Waals surface area contributed by atoms with Crippen LogP contribution in [0, 0.1) is 5.92 Å². The second-order valence-corrected chi connectivity index (χ2v) is 4.59. The highest BCUT2D eigenvalue weighted by molar-refractivity contribution is 5.55. The summed E-state index contributed by atoms with van der Waals surface area (Å²) in [6.07, 6.45) is 0. The van der Waals surface area contributed by atoms with Crippen molar-refractivity contribution in [2.75, 3.05) is 6.54 Å². The van der Waals surface area contributed by atoms with Gasteiger partial charge in [0.1, 0.15) is 5.75 Å². The molecule has 0 fully saturated rings. The van der Waals surface area contributed by atoms with Gasteiger partial charge in [-0.25, -0.2) is 0 Å². The topological polar surface area (TPSA) is 85.2 Å². The molecule has 0 saturated carbocycles. The third-order valence-corrected chi connectivity index (χ3v) is 2.94. The smallest absolute Gasteiger partial charge is 0.231 e. The molecule has 2 rings (SSSR count). The minimum absolute atomic E-state index is 0.0726. The van der Waals surface area contributed by atoms with Crippen LogP contribution < -0.4 is 5.73 Å². The highest BCUT2D eigenvalue weighted by atomic mass is 16.5. The van der Waals surface area contributed by atoms with Crippen LogP contribution in [0.1, 0.15) is 25.7 Å². The highest BCUT2D eigenvalue weighted by Gasteiger charge is 2.21. The second kappa shape index (κ2) is 5.18. The standard InChI is InChI=1S/C13H17N3O2/c1-8(2)11(7-14)13-15-12(16-18-13)9-3-5-10(17)6-4-9/h3-6,8,11,17H,7,14H2,1-2H3. The summed E-state index contributed by atoms with van der Waals surface area (Å²) < 4.78 is 5.26. The van der Waals surface area contributed by atoms with Crippen molar-refractivity contribution in [1.82, 2.24) is 10.1 Å². The fourth-order valence-electron chi connectivity index (χ4n) is 1.77. The van der Waals surface area contributed by atoms with Crippen LogP contribution in [0.4, 0.5) is 0 Å². The average Bonchev–Trinajstić information content (AvgIpc) is 2.80. The third-order valence-electron chi connectivity index (χ3n) is 2.94. The lowest BCUT2D eigenvalue weighted by Gasteiger charge is -2.13. The van der Waals surface area contributed by atoms with Gasteiger partial charge >= 0.3 is 0 Å². The van der Waals surface area contributed by atoms with Crippen LogP contribution in [0.25, 0.3) is 11.4 Å². The number of phenolic OH excluding ortho intramolecular Hbond substituents is 1. The summed E-state index contributed by atoms with van der Waals surface area (Å²) in [7, 11) is 0. The maximum absolute atomic E-state index is 9.23. The van der Waals surface area contributed by atoms with E-state index < -0.39 is 0 Å². The van der Waals surface area contributed by atoms with E-state index in [1.807, 2.05) is 0 Å². The van der Waals surface area contributed by atoms with Crippen molar-refractivity contribution < 1.29 is 9.63 Å². The molecule has 0 aliphatic carbocycles. The molecule has 3 N–H and O–H groups in total. The Hall–Kier alpha value is -1.88. The Morgan fingerprint density at radius 3 is 2.50 bits per heavy atom. The van der Waals surface area contributed by atoms with Crippen LogP contribution in [-0.2, 0) is 0 Å². The van der Waals surface area contributed by atoms with Gasteiger partial charge in [0.2, 0.25) is 11.7 Å². The van der Waals surface area contributed by atoms with Crippen molar-refractivity contribution in [3.05, 3.63) is 30.2 Å². The van der Waals surface area contributed by atoms with Crippen LogP contribution in [0.15, 0.2) is 28.8 Å². The van der Waals surface area contributed by atoms with Gasteiger partial charge in [-0.3, -0.25) is 0 Å². The van der Waals surface area contributed by atoms with E-state index >= 15 is 0 Å². The van der Waals surface area contributed by atoms with Gasteiger partial charge in [0.05, 0.1) is 5.92 Å². The Labute approximate surface area is 106 Å². The number of hydrogen-bond acceptors (Lipinski definition) is 5.